The third kappa shape index (κ3) is 3.24. The van der Waals surface area contributed by atoms with Crippen LogP contribution in [-0.4, -0.2) is 37.4 Å². The van der Waals surface area contributed by atoms with Gasteiger partial charge in [-0.1, -0.05) is 12.1 Å². The number of rotatable bonds is 4. The molecule has 2 aromatic carbocycles. The van der Waals surface area contributed by atoms with E-state index in [4.69, 9.17) is 5.11 Å². The second-order valence-electron chi connectivity index (χ2n) is 4.61. The third-order valence-electron chi connectivity index (χ3n) is 3.00. The molecule has 0 aromatic heterocycles. The molecule has 5 N–H and O–H groups in total. The smallest absolute Gasteiger partial charge is 0.199 e. The van der Waals surface area contributed by atoms with E-state index in [-0.39, 0.29) is 12.2 Å². The van der Waals surface area contributed by atoms with E-state index in [0.717, 1.165) is 12.1 Å². The molecule has 0 radical (unpaired) electrons. The van der Waals surface area contributed by atoms with Crippen molar-refractivity contribution in [2.75, 3.05) is 0 Å². The maximum atomic E-state index is 12.1. The van der Waals surface area contributed by atoms with Gasteiger partial charge in [0.15, 0.2) is 5.78 Å². The number of phenols is 4. The highest BCUT2D eigenvalue weighted by Gasteiger charge is 2.24. The van der Waals surface area contributed by atoms with Crippen molar-refractivity contribution in [3.8, 4) is 23.0 Å². The van der Waals surface area contributed by atoms with E-state index >= 15 is 0 Å². The number of aliphatic hydroxyl groups excluding tert-OH is 1. The van der Waals surface area contributed by atoms with Gasteiger partial charge in [-0.25, -0.2) is 0 Å². The van der Waals surface area contributed by atoms with Gasteiger partial charge in [-0.15, -0.1) is 0 Å². The lowest BCUT2D eigenvalue weighted by Crippen LogP contribution is -2.23. The molecule has 0 spiro atoms. The van der Waals surface area contributed by atoms with Gasteiger partial charge < -0.3 is 25.5 Å². The fourth-order valence-electron chi connectivity index (χ4n) is 1.96. The topological polar surface area (TPSA) is 118 Å². The lowest BCUT2D eigenvalue weighted by Gasteiger charge is -2.12. The fourth-order valence-corrected chi connectivity index (χ4v) is 1.96. The molecule has 21 heavy (non-hydrogen) atoms. The lowest BCUT2D eigenvalue weighted by molar-refractivity contribution is 0.0742. The Bertz CT molecular complexity index is 639. The Labute approximate surface area is 120 Å². The normalized spacial score (nSPS) is 12.0. The quantitative estimate of drug-likeness (QED) is 0.542. The van der Waals surface area contributed by atoms with Crippen molar-refractivity contribution in [2.24, 2.45) is 0 Å². The molecule has 110 valence electrons. The number of aliphatic hydroxyl groups is 1. The van der Waals surface area contributed by atoms with E-state index in [1.807, 2.05) is 0 Å². The second-order valence-corrected chi connectivity index (χ2v) is 4.61. The number of hydrogen-bond donors (Lipinski definition) is 5. The van der Waals surface area contributed by atoms with Crippen LogP contribution in [0.4, 0.5) is 0 Å². The minimum absolute atomic E-state index is 0.0428. The molecule has 6 heteroatoms. The largest absolute Gasteiger partial charge is 0.508 e. The molecule has 0 aliphatic rings. The Balaban J connectivity index is 2.22. The van der Waals surface area contributed by atoms with E-state index < -0.39 is 34.7 Å². The molecule has 0 heterocycles. The first-order chi connectivity index (χ1) is 9.88. The van der Waals surface area contributed by atoms with Gasteiger partial charge in [-0.2, -0.15) is 0 Å². The van der Waals surface area contributed by atoms with E-state index in [0.29, 0.717) is 5.56 Å². The van der Waals surface area contributed by atoms with Crippen LogP contribution in [-0.2, 0) is 6.42 Å². The Morgan fingerprint density at radius 2 is 1.43 bits per heavy atom. The molecule has 0 amide bonds. The number of carbonyl (C=O) groups is 1. The Morgan fingerprint density at radius 3 is 1.95 bits per heavy atom. The van der Waals surface area contributed by atoms with Crippen molar-refractivity contribution in [2.45, 2.75) is 12.5 Å². The molecule has 2 rings (SSSR count). The van der Waals surface area contributed by atoms with Gasteiger partial charge in [0.05, 0.1) is 0 Å². The summed E-state index contributed by atoms with van der Waals surface area (Å²) in [6, 6.07) is 7.73. The predicted molar refractivity (Wildman–Crippen MR) is 73.6 cm³/mol. The summed E-state index contributed by atoms with van der Waals surface area (Å²) in [6.07, 6.45) is -1.52. The summed E-state index contributed by atoms with van der Waals surface area (Å²) in [7, 11) is 0. The molecule has 0 bridgehead atoms. The number of ketones is 1. The van der Waals surface area contributed by atoms with Crippen molar-refractivity contribution in [3.63, 3.8) is 0 Å². The van der Waals surface area contributed by atoms with Crippen LogP contribution in [0, 0.1) is 0 Å². The van der Waals surface area contributed by atoms with Crippen molar-refractivity contribution in [3.05, 3.63) is 47.5 Å². The number of benzene rings is 2. The van der Waals surface area contributed by atoms with Crippen LogP contribution in [0.1, 0.15) is 15.9 Å². The van der Waals surface area contributed by atoms with Crippen LogP contribution in [0.15, 0.2) is 36.4 Å². The van der Waals surface area contributed by atoms with Gasteiger partial charge in [0.25, 0.3) is 0 Å². The fraction of sp³-hybridized carbons (Fsp3) is 0.133. The maximum absolute atomic E-state index is 12.1. The number of carbonyl (C=O) groups excluding carboxylic acids is 1. The zero-order valence-corrected chi connectivity index (χ0v) is 10.9. The number of aromatic hydroxyl groups is 4. The molecule has 0 saturated heterocycles. The van der Waals surface area contributed by atoms with Crippen LogP contribution in [0.2, 0.25) is 0 Å². The molecule has 1 unspecified atom stereocenters. The molecular formula is C15H14O6. The van der Waals surface area contributed by atoms with Gasteiger partial charge in [0.2, 0.25) is 0 Å². The summed E-state index contributed by atoms with van der Waals surface area (Å²) >= 11 is 0. The molecule has 0 fully saturated rings. The number of phenolic OH excluding ortho intramolecular Hbond substituents is 4. The standard InChI is InChI=1S/C15H14O6/c16-9-3-1-8(2-4-9)5-13(20)15(21)14-11(18)6-10(17)7-12(14)19/h1-4,6-7,13,16-20H,5H2. The highest BCUT2D eigenvalue weighted by molar-refractivity contribution is 6.04. The highest BCUT2D eigenvalue weighted by Crippen LogP contribution is 2.33. The number of Topliss-reactive ketones (excluding diaryl/α,β-unsaturated/α-hetero) is 1. The zero-order chi connectivity index (χ0) is 15.6. The Kier molecular flexibility index (Phi) is 4.00. The van der Waals surface area contributed by atoms with Crippen LogP contribution in [0.25, 0.3) is 0 Å². The van der Waals surface area contributed by atoms with Crippen molar-refractivity contribution in [1.82, 2.24) is 0 Å². The molecule has 6 nitrogen and oxygen atoms in total. The Morgan fingerprint density at radius 1 is 0.905 bits per heavy atom. The minimum atomic E-state index is -1.48. The molecule has 2 aromatic rings. The molecular weight excluding hydrogens is 276 g/mol. The monoisotopic (exact) mass is 290 g/mol. The predicted octanol–water partition coefficient (Wildman–Crippen LogP) is 1.30. The van der Waals surface area contributed by atoms with Crippen LogP contribution < -0.4 is 0 Å². The second kappa shape index (κ2) is 5.72. The van der Waals surface area contributed by atoms with Crippen LogP contribution in [0.3, 0.4) is 0 Å². The summed E-state index contributed by atoms with van der Waals surface area (Å²) in [5, 5.41) is 47.5. The zero-order valence-electron chi connectivity index (χ0n) is 10.9. The Hall–Kier alpha value is -2.73. The first-order valence-corrected chi connectivity index (χ1v) is 6.13. The SMILES string of the molecule is O=C(c1c(O)cc(O)cc1O)C(O)Cc1ccc(O)cc1. The van der Waals surface area contributed by atoms with Gasteiger partial charge in [0.1, 0.15) is 34.7 Å². The molecule has 0 aliphatic carbocycles. The summed E-state index contributed by atoms with van der Waals surface area (Å²) < 4.78 is 0. The van der Waals surface area contributed by atoms with Crippen molar-refractivity contribution in [1.29, 1.82) is 0 Å². The van der Waals surface area contributed by atoms with E-state index in [9.17, 15) is 25.2 Å². The summed E-state index contributed by atoms with van der Waals surface area (Å²) in [5.74, 6) is -2.41. The van der Waals surface area contributed by atoms with E-state index in [1.54, 1.807) is 12.1 Å². The van der Waals surface area contributed by atoms with Gasteiger partial charge >= 0.3 is 0 Å². The minimum Gasteiger partial charge on any atom is -0.508 e. The maximum Gasteiger partial charge on any atom is 0.199 e. The molecule has 1 atom stereocenters. The van der Waals surface area contributed by atoms with Crippen molar-refractivity contribution >= 4 is 5.78 Å². The summed E-state index contributed by atoms with van der Waals surface area (Å²) in [6.45, 7) is 0. The van der Waals surface area contributed by atoms with Gasteiger partial charge in [-0.3, -0.25) is 4.79 Å². The van der Waals surface area contributed by atoms with E-state index in [1.165, 1.54) is 12.1 Å². The van der Waals surface area contributed by atoms with Crippen LogP contribution in [0.5, 0.6) is 23.0 Å². The average Bonchev–Trinajstić information content (AvgIpc) is 2.40. The molecule has 0 aliphatic heterocycles. The first kappa shape index (κ1) is 14.7. The van der Waals surface area contributed by atoms with E-state index in [2.05, 4.69) is 0 Å². The highest BCUT2D eigenvalue weighted by atomic mass is 16.3. The first-order valence-electron chi connectivity index (χ1n) is 6.13. The van der Waals surface area contributed by atoms with Crippen LogP contribution >= 0.6 is 0 Å². The van der Waals surface area contributed by atoms with Gasteiger partial charge in [-0.05, 0) is 17.7 Å². The molecule has 0 saturated carbocycles. The van der Waals surface area contributed by atoms with Gasteiger partial charge in [0, 0.05) is 18.6 Å². The summed E-state index contributed by atoms with van der Waals surface area (Å²) in [5.41, 5.74) is 0.158. The third-order valence-corrected chi connectivity index (χ3v) is 3.00. The van der Waals surface area contributed by atoms with Crippen molar-refractivity contribution < 1.29 is 30.3 Å². The number of hydrogen-bond acceptors (Lipinski definition) is 6. The summed E-state index contributed by atoms with van der Waals surface area (Å²) in [4.78, 5) is 12.1. The lowest BCUT2D eigenvalue weighted by atomic mass is 9.98. The average molecular weight is 290 g/mol.